The lowest BCUT2D eigenvalue weighted by Crippen LogP contribution is -2.45. The summed E-state index contributed by atoms with van der Waals surface area (Å²) in [5.41, 5.74) is 8.52. The molecule has 164 valence electrons. The number of carbonyl (C=O) groups is 1. The Morgan fingerprint density at radius 1 is 1.15 bits per heavy atom. The van der Waals surface area contributed by atoms with Gasteiger partial charge in [0.2, 0.25) is 0 Å². The first-order valence-electron chi connectivity index (χ1n) is 10.6. The standard InChI is InChI=1S/C23H21N9O/c24-10-15-3-6-21-28-12-19(32(21)13-15)22-26-8-7-20(30-22)29-17-2-1-9-31(14-17)23(33)18-5-4-16(25)11-27-18/h3-8,11-13,17H,1-2,9,14,25H2,(H,26,29,30). The summed E-state index contributed by atoms with van der Waals surface area (Å²) >= 11 is 0. The van der Waals surface area contributed by atoms with Crippen LogP contribution >= 0.6 is 0 Å². The van der Waals surface area contributed by atoms with Gasteiger partial charge in [-0.1, -0.05) is 0 Å². The molecule has 0 aromatic carbocycles. The molecule has 3 N–H and O–H groups in total. The van der Waals surface area contributed by atoms with E-state index in [9.17, 15) is 10.1 Å². The van der Waals surface area contributed by atoms with Gasteiger partial charge in [-0.3, -0.25) is 9.20 Å². The van der Waals surface area contributed by atoms with Crippen LogP contribution in [-0.2, 0) is 0 Å². The van der Waals surface area contributed by atoms with Crippen molar-refractivity contribution in [2.45, 2.75) is 18.9 Å². The predicted octanol–water partition coefficient (Wildman–Crippen LogP) is 2.36. The van der Waals surface area contributed by atoms with Crippen molar-refractivity contribution in [2.24, 2.45) is 0 Å². The second-order valence-electron chi connectivity index (χ2n) is 7.88. The largest absolute Gasteiger partial charge is 0.397 e. The maximum absolute atomic E-state index is 12.8. The number of amides is 1. The van der Waals surface area contributed by atoms with Gasteiger partial charge < -0.3 is 16.0 Å². The SMILES string of the molecule is N#Cc1ccc2ncc(-c3nccc(NC4CCCN(C(=O)c5ccc(N)cn5)C4)n3)n2c1. The van der Waals surface area contributed by atoms with E-state index in [-0.39, 0.29) is 11.9 Å². The Kier molecular flexibility index (Phi) is 5.28. The van der Waals surface area contributed by atoms with E-state index >= 15 is 0 Å². The number of rotatable bonds is 4. The van der Waals surface area contributed by atoms with E-state index in [1.165, 1.54) is 6.20 Å². The van der Waals surface area contributed by atoms with Crippen LogP contribution in [0.4, 0.5) is 11.5 Å². The molecule has 4 aromatic rings. The zero-order valence-electron chi connectivity index (χ0n) is 17.7. The molecule has 1 atom stereocenters. The van der Waals surface area contributed by atoms with E-state index in [1.807, 2.05) is 0 Å². The van der Waals surface area contributed by atoms with Crippen molar-refractivity contribution in [3.8, 4) is 17.6 Å². The maximum atomic E-state index is 12.8. The number of imidazole rings is 1. The Balaban J connectivity index is 1.33. The number of carbonyl (C=O) groups excluding carboxylic acids is 1. The third-order valence-corrected chi connectivity index (χ3v) is 5.59. The van der Waals surface area contributed by atoms with Crippen LogP contribution in [0.1, 0.15) is 28.9 Å². The van der Waals surface area contributed by atoms with E-state index in [0.717, 1.165) is 12.8 Å². The summed E-state index contributed by atoms with van der Waals surface area (Å²) in [7, 11) is 0. The number of nitrogens with two attached hydrogens (primary N) is 1. The summed E-state index contributed by atoms with van der Waals surface area (Å²) in [6.45, 7) is 1.23. The van der Waals surface area contributed by atoms with Crippen LogP contribution in [0.25, 0.3) is 17.2 Å². The molecule has 1 unspecified atom stereocenters. The fourth-order valence-corrected chi connectivity index (χ4v) is 3.96. The monoisotopic (exact) mass is 439 g/mol. The molecule has 0 saturated carbocycles. The topological polar surface area (TPSA) is 138 Å². The van der Waals surface area contributed by atoms with Crippen molar-refractivity contribution in [1.29, 1.82) is 5.26 Å². The molecule has 1 amide bonds. The first-order valence-corrected chi connectivity index (χ1v) is 10.6. The average molecular weight is 439 g/mol. The van der Waals surface area contributed by atoms with Crippen LogP contribution in [0.5, 0.6) is 0 Å². The van der Waals surface area contributed by atoms with Gasteiger partial charge in [-0.25, -0.2) is 19.9 Å². The average Bonchev–Trinajstić information content (AvgIpc) is 3.27. The smallest absolute Gasteiger partial charge is 0.272 e. The minimum absolute atomic E-state index is 0.0478. The Labute approximate surface area is 189 Å². The van der Waals surface area contributed by atoms with Crippen LogP contribution in [0, 0.1) is 11.3 Å². The molecule has 0 spiro atoms. The molecular formula is C23H21N9O. The lowest BCUT2D eigenvalue weighted by Gasteiger charge is -2.33. The molecule has 5 rings (SSSR count). The maximum Gasteiger partial charge on any atom is 0.272 e. The minimum atomic E-state index is -0.107. The number of aromatic nitrogens is 5. The van der Waals surface area contributed by atoms with Crippen molar-refractivity contribution < 1.29 is 4.79 Å². The lowest BCUT2D eigenvalue weighted by atomic mass is 10.1. The van der Waals surface area contributed by atoms with Crippen LogP contribution in [0.3, 0.4) is 0 Å². The zero-order valence-corrected chi connectivity index (χ0v) is 17.7. The van der Waals surface area contributed by atoms with Gasteiger partial charge in [0, 0.05) is 31.5 Å². The second-order valence-corrected chi connectivity index (χ2v) is 7.88. The molecule has 10 heteroatoms. The Morgan fingerprint density at radius 2 is 2.06 bits per heavy atom. The summed E-state index contributed by atoms with van der Waals surface area (Å²) in [4.78, 5) is 32.2. The van der Waals surface area contributed by atoms with Crippen molar-refractivity contribution >= 4 is 23.1 Å². The first-order chi connectivity index (χ1) is 16.1. The fourth-order valence-electron chi connectivity index (χ4n) is 3.96. The van der Waals surface area contributed by atoms with Crippen molar-refractivity contribution in [3.63, 3.8) is 0 Å². The normalized spacial score (nSPS) is 15.8. The number of pyridine rings is 2. The highest BCUT2D eigenvalue weighted by Crippen LogP contribution is 2.21. The molecule has 5 heterocycles. The van der Waals surface area contributed by atoms with Gasteiger partial charge >= 0.3 is 0 Å². The van der Waals surface area contributed by atoms with Gasteiger partial charge in [0.15, 0.2) is 5.82 Å². The number of likely N-dealkylation sites (tertiary alicyclic amines) is 1. The summed E-state index contributed by atoms with van der Waals surface area (Å²) in [5.74, 6) is 1.05. The van der Waals surface area contributed by atoms with E-state index in [1.54, 1.807) is 58.2 Å². The minimum Gasteiger partial charge on any atom is -0.397 e. The summed E-state index contributed by atoms with van der Waals surface area (Å²) < 4.78 is 1.80. The molecule has 33 heavy (non-hydrogen) atoms. The summed E-state index contributed by atoms with van der Waals surface area (Å²) in [5, 5.41) is 12.6. The van der Waals surface area contributed by atoms with Crippen LogP contribution in [-0.4, -0.2) is 54.3 Å². The third kappa shape index (κ3) is 4.16. The van der Waals surface area contributed by atoms with Crippen LogP contribution in [0.15, 0.2) is 55.1 Å². The number of hydrogen-bond donors (Lipinski definition) is 2. The number of nitrogens with one attached hydrogen (secondary N) is 1. The fraction of sp³-hybridized carbons (Fsp3) is 0.217. The predicted molar refractivity (Wildman–Crippen MR) is 122 cm³/mol. The molecule has 0 bridgehead atoms. The Morgan fingerprint density at radius 3 is 2.88 bits per heavy atom. The van der Waals surface area contributed by atoms with E-state index in [4.69, 9.17) is 5.73 Å². The molecule has 0 aliphatic carbocycles. The number of piperidine rings is 1. The number of nitriles is 1. The molecule has 1 aliphatic heterocycles. The molecule has 0 radical (unpaired) electrons. The Hall–Kier alpha value is -4.52. The van der Waals surface area contributed by atoms with E-state index in [2.05, 4.69) is 31.3 Å². The van der Waals surface area contributed by atoms with Gasteiger partial charge in [0.1, 0.15) is 28.9 Å². The molecular weight excluding hydrogens is 418 g/mol. The van der Waals surface area contributed by atoms with Gasteiger partial charge in [-0.15, -0.1) is 0 Å². The number of nitrogens with zero attached hydrogens (tertiary/aromatic N) is 7. The van der Waals surface area contributed by atoms with E-state index in [0.29, 0.717) is 53.0 Å². The third-order valence-electron chi connectivity index (χ3n) is 5.59. The lowest BCUT2D eigenvalue weighted by molar-refractivity contribution is 0.0709. The molecule has 1 fully saturated rings. The van der Waals surface area contributed by atoms with Gasteiger partial charge in [-0.05, 0) is 43.2 Å². The number of hydrogen-bond acceptors (Lipinski definition) is 8. The zero-order chi connectivity index (χ0) is 22.8. The highest BCUT2D eigenvalue weighted by molar-refractivity contribution is 5.92. The van der Waals surface area contributed by atoms with Gasteiger partial charge in [-0.2, -0.15) is 5.26 Å². The number of fused-ring (bicyclic) bond motifs is 1. The van der Waals surface area contributed by atoms with Gasteiger partial charge in [0.25, 0.3) is 5.91 Å². The second kappa shape index (κ2) is 8.55. The van der Waals surface area contributed by atoms with Crippen LogP contribution < -0.4 is 11.1 Å². The first kappa shape index (κ1) is 20.4. The van der Waals surface area contributed by atoms with Crippen molar-refractivity contribution in [3.05, 3.63) is 66.4 Å². The quantitative estimate of drug-likeness (QED) is 0.494. The molecule has 1 aliphatic rings. The van der Waals surface area contributed by atoms with Crippen LogP contribution in [0.2, 0.25) is 0 Å². The molecule has 4 aromatic heterocycles. The van der Waals surface area contributed by atoms with E-state index < -0.39 is 0 Å². The summed E-state index contributed by atoms with van der Waals surface area (Å²) in [6, 6.07) is 10.8. The molecule has 10 nitrogen and oxygen atoms in total. The number of nitrogen functional groups attached to an aromatic ring is 1. The Bertz CT molecular complexity index is 1360. The number of anilines is 2. The highest BCUT2D eigenvalue weighted by Gasteiger charge is 2.25. The molecule has 1 saturated heterocycles. The van der Waals surface area contributed by atoms with Crippen molar-refractivity contribution in [2.75, 3.05) is 24.1 Å². The highest BCUT2D eigenvalue weighted by atomic mass is 16.2. The van der Waals surface area contributed by atoms with Crippen molar-refractivity contribution in [1.82, 2.24) is 29.2 Å². The summed E-state index contributed by atoms with van der Waals surface area (Å²) in [6.07, 6.45) is 8.38. The van der Waals surface area contributed by atoms with Gasteiger partial charge in [0.05, 0.1) is 23.6 Å².